The Bertz CT molecular complexity index is 442. The van der Waals surface area contributed by atoms with Gasteiger partial charge in [0.05, 0.1) is 7.11 Å². The van der Waals surface area contributed by atoms with Gasteiger partial charge in [0.2, 0.25) is 0 Å². The summed E-state index contributed by atoms with van der Waals surface area (Å²) in [6, 6.07) is 5.19. The largest absolute Gasteiger partial charge is 0.496 e. The van der Waals surface area contributed by atoms with Crippen LogP contribution in [0.2, 0.25) is 0 Å². The molecular weight excluding hydrogens is 326 g/mol. The molecule has 0 saturated carbocycles. The molecular formula is C16H27Cl2FN2O. The molecule has 0 aromatic heterocycles. The molecule has 0 spiro atoms. The summed E-state index contributed by atoms with van der Waals surface area (Å²) in [4.78, 5) is 2.38. The molecule has 1 aliphatic rings. The lowest BCUT2D eigenvalue weighted by Gasteiger charge is -2.39. The van der Waals surface area contributed by atoms with Crippen molar-refractivity contribution in [3.8, 4) is 5.75 Å². The minimum Gasteiger partial charge on any atom is -0.496 e. The van der Waals surface area contributed by atoms with Crippen molar-refractivity contribution in [3.63, 3.8) is 0 Å². The Balaban J connectivity index is 0.00000220. The summed E-state index contributed by atoms with van der Waals surface area (Å²) in [5, 5.41) is 3.35. The molecule has 0 bridgehead atoms. The predicted octanol–water partition coefficient (Wildman–Crippen LogP) is 3.67. The van der Waals surface area contributed by atoms with E-state index in [9.17, 15) is 4.39 Å². The highest BCUT2D eigenvalue weighted by atomic mass is 35.5. The van der Waals surface area contributed by atoms with E-state index in [0.29, 0.717) is 17.2 Å². The van der Waals surface area contributed by atoms with Crippen molar-refractivity contribution < 1.29 is 9.13 Å². The van der Waals surface area contributed by atoms with Crippen molar-refractivity contribution in [1.82, 2.24) is 10.2 Å². The molecule has 128 valence electrons. The van der Waals surface area contributed by atoms with Crippen molar-refractivity contribution in [3.05, 3.63) is 29.6 Å². The molecule has 1 fully saturated rings. The second-order valence-corrected chi connectivity index (χ2v) is 5.47. The zero-order valence-electron chi connectivity index (χ0n) is 13.5. The average molecular weight is 353 g/mol. The van der Waals surface area contributed by atoms with Crippen molar-refractivity contribution in [2.24, 2.45) is 5.92 Å². The van der Waals surface area contributed by atoms with Crippen LogP contribution in [0.1, 0.15) is 31.9 Å². The Hall–Kier alpha value is -0.550. The molecule has 0 amide bonds. The van der Waals surface area contributed by atoms with Gasteiger partial charge in [0.15, 0.2) is 0 Å². The first-order valence-electron chi connectivity index (χ1n) is 7.46. The summed E-state index contributed by atoms with van der Waals surface area (Å²) in [7, 11) is 1.61. The number of hydrogen-bond donors (Lipinski definition) is 1. The molecule has 1 aromatic rings. The van der Waals surface area contributed by atoms with Crippen molar-refractivity contribution in [1.29, 1.82) is 0 Å². The topological polar surface area (TPSA) is 24.5 Å². The lowest BCUT2D eigenvalue weighted by molar-refractivity contribution is 0.123. The molecule has 1 heterocycles. The number of methoxy groups -OCH3 is 1. The third-order valence-corrected chi connectivity index (χ3v) is 4.26. The number of benzene rings is 1. The van der Waals surface area contributed by atoms with Crippen LogP contribution in [0.25, 0.3) is 0 Å². The van der Waals surface area contributed by atoms with Gasteiger partial charge in [0, 0.05) is 37.8 Å². The Morgan fingerprint density at radius 1 is 1.27 bits per heavy atom. The standard InChI is InChI=1S/C16H25FN2O.2ClH/c1-4-12(2)16(19-10-8-18-9-11-19)15-13(17)6-5-7-14(15)20-3;;/h5-7,12,16,18H,4,8-11H2,1-3H3;2*1H/t12?,16-;;/m0../s1. The molecule has 1 unspecified atom stereocenters. The minimum absolute atomic E-state index is 0. The zero-order valence-corrected chi connectivity index (χ0v) is 15.1. The number of piperazine rings is 1. The van der Waals surface area contributed by atoms with E-state index in [1.165, 1.54) is 6.07 Å². The van der Waals surface area contributed by atoms with E-state index in [2.05, 4.69) is 24.1 Å². The Labute approximate surface area is 145 Å². The second kappa shape index (κ2) is 10.3. The molecule has 1 N–H and O–H groups in total. The third kappa shape index (κ3) is 4.72. The van der Waals surface area contributed by atoms with Gasteiger partial charge in [-0.05, 0) is 18.1 Å². The minimum atomic E-state index is -0.159. The van der Waals surface area contributed by atoms with E-state index in [-0.39, 0.29) is 36.7 Å². The van der Waals surface area contributed by atoms with Crippen LogP contribution in [-0.4, -0.2) is 38.2 Å². The van der Waals surface area contributed by atoms with E-state index in [1.54, 1.807) is 13.2 Å². The highest BCUT2D eigenvalue weighted by molar-refractivity contribution is 5.85. The molecule has 2 rings (SSSR count). The SMILES string of the molecule is CCC(C)[C@@H](c1c(F)cccc1OC)N1CCNCC1.Cl.Cl. The molecule has 1 aliphatic heterocycles. The number of nitrogens with one attached hydrogen (secondary N) is 1. The summed E-state index contributed by atoms with van der Waals surface area (Å²) in [6.07, 6.45) is 1.02. The lowest BCUT2D eigenvalue weighted by Crippen LogP contribution is -2.46. The Kier molecular flexibility index (Phi) is 10.0. The van der Waals surface area contributed by atoms with Crippen LogP contribution in [0, 0.1) is 11.7 Å². The maximum absolute atomic E-state index is 14.4. The van der Waals surface area contributed by atoms with E-state index < -0.39 is 0 Å². The molecule has 0 radical (unpaired) electrons. The maximum atomic E-state index is 14.4. The summed E-state index contributed by atoms with van der Waals surface area (Å²) in [5.74, 6) is 0.890. The zero-order chi connectivity index (χ0) is 14.5. The fourth-order valence-electron chi connectivity index (χ4n) is 2.99. The van der Waals surface area contributed by atoms with E-state index in [0.717, 1.165) is 32.6 Å². The third-order valence-electron chi connectivity index (χ3n) is 4.26. The monoisotopic (exact) mass is 352 g/mol. The van der Waals surface area contributed by atoms with Gasteiger partial charge in [-0.15, -0.1) is 24.8 Å². The van der Waals surface area contributed by atoms with Crippen LogP contribution < -0.4 is 10.1 Å². The van der Waals surface area contributed by atoms with Gasteiger partial charge < -0.3 is 10.1 Å². The molecule has 1 aromatic carbocycles. The van der Waals surface area contributed by atoms with Crippen LogP contribution in [0.5, 0.6) is 5.75 Å². The van der Waals surface area contributed by atoms with E-state index in [1.807, 2.05) is 6.07 Å². The van der Waals surface area contributed by atoms with Gasteiger partial charge in [-0.1, -0.05) is 26.3 Å². The fraction of sp³-hybridized carbons (Fsp3) is 0.625. The van der Waals surface area contributed by atoms with Crippen molar-refractivity contribution >= 4 is 24.8 Å². The van der Waals surface area contributed by atoms with E-state index >= 15 is 0 Å². The van der Waals surface area contributed by atoms with Crippen LogP contribution in [-0.2, 0) is 0 Å². The first-order chi connectivity index (χ1) is 9.69. The molecule has 2 atom stereocenters. The number of halogens is 3. The average Bonchev–Trinajstić information content (AvgIpc) is 2.50. The van der Waals surface area contributed by atoms with Gasteiger partial charge in [0.1, 0.15) is 11.6 Å². The lowest BCUT2D eigenvalue weighted by atomic mass is 9.89. The Morgan fingerprint density at radius 3 is 2.45 bits per heavy atom. The molecule has 6 heteroatoms. The van der Waals surface area contributed by atoms with Gasteiger partial charge in [-0.3, -0.25) is 4.90 Å². The highest BCUT2D eigenvalue weighted by Crippen LogP contribution is 2.37. The van der Waals surface area contributed by atoms with Crippen molar-refractivity contribution in [2.45, 2.75) is 26.3 Å². The summed E-state index contributed by atoms with van der Waals surface area (Å²) >= 11 is 0. The van der Waals surface area contributed by atoms with Gasteiger partial charge >= 0.3 is 0 Å². The number of ether oxygens (including phenoxy) is 1. The summed E-state index contributed by atoms with van der Waals surface area (Å²) in [6.45, 7) is 8.18. The number of rotatable bonds is 5. The molecule has 3 nitrogen and oxygen atoms in total. The normalized spacial score (nSPS) is 17.8. The maximum Gasteiger partial charge on any atom is 0.131 e. The molecule has 22 heavy (non-hydrogen) atoms. The van der Waals surface area contributed by atoms with E-state index in [4.69, 9.17) is 4.74 Å². The smallest absolute Gasteiger partial charge is 0.131 e. The predicted molar refractivity (Wildman–Crippen MR) is 94.1 cm³/mol. The number of hydrogen-bond acceptors (Lipinski definition) is 3. The summed E-state index contributed by atoms with van der Waals surface area (Å²) < 4.78 is 19.8. The van der Waals surface area contributed by atoms with Crippen LogP contribution in [0.4, 0.5) is 4.39 Å². The quantitative estimate of drug-likeness (QED) is 0.874. The van der Waals surface area contributed by atoms with Gasteiger partial charge in [-0.25, -0.2) is 4.39 Å². The second-order valence-electron chi connectivity index (χ2n) is 5.47. The Morgan fingerprint density at radius 2 is 1.91 bits per heavy atom. The van der Waals surface area contributed by atoms with Gasteiger partial charge in [0.25, 0.3) is 0 Å². The summed E-state index contributed by atoms with van der Waals surface area (Å²) in [5.41, 5.74) is 0.714. The molecule has 0 aliphatic carbocycles. The van der Waals surface area contributed by atoms with Crippen LogP contribution in [0.15, 0.2) is 18.2 Å². The first-order valence-corrected chi connectivity index (χ1v) is 7.46. The highest BCUT2D eigenvalue weighted by Gasteiger charge is 2.31. The van der Waals surface area contributed by atoms with Crippen LogP contribution in [0.3, 0.4) is 0 Å². The van der Waals surface area contributed by atoms with Crippen molar-refractivity contribution in [2.75, 3.05) is 33.3 Å². The van der Waals surface area contributed by atoms with Crippen LogP contribution >= 0.6 is 24.8 Å². The number of nitrogens with zero attached hydrogens (tertiary/aromatic N) is 1. The first kappa shape index (κ1) is 21.4. The fourth-order valence-corrected chi connectivity index (χ4v) is 2.99. The van der Waals surface area contributed by atoms with Gasteiger partial charge in [-0.2, -0.15) is 0 Å². The molecule has 1 saturated heterocycles.